The molecule has 0 saturated carbocycles. The van der Waals surface area contributed by atoms with Crippen molar-refractivity contribution in [2.75, 3.05) is 14.1 Å². The molecule has 5 nitrogen and oxygen atoms in total. The summed E-state index contributed by atoms with van der Waals surface area (Å²) in [7, 11) is 3.49. The number of hydrogen-bond acceptors (Lipinski definition) is 4. The number of carboxylic acids is 1. The number of benzene rings is 2. The molecule has 0 radical (unpaired) electrons. The van der Waals surface area contributed by atoms with E-state index in [0.29, 0.717) is 11.1 Å². The minimum atomic E-state index is -1.24. The van der Waals surface area contributed by atoms with Gasteiger partial charge in [-0.3, -0.25) is 9.59 Å². The van der Waals surface area contributed by atoms with Crippen molar-refractivity contribution in [3.63, 3.8) is 0 Å². The summed E-state index contributed by atoms with van der Waals surface area (Å²) >= 11 is 0. The molecular formula is C20H19NO4. The first-order valence-electron chi connectivity index (χ1n) is 7.68. The van der Waals surface area contributed by atoms with Crippen molar-refractivity contribution in [2.24, 2.45) is 0 Å². The Morgan fingerprint density at radius 1 is 0.960 bits per heavy atom. The second kappa shape index (κ2) is 7.57. The monoisotopic (exact) mass is 337 g/mol. The van der Waals surface area contributed by atoms with Gasteiger partial charge >= 0.3 is 5.97 Å². The molecular weight excluding hydrogens is 318 g/mol. The van der Waals surface area contributed by atoms with Crippen molar-refractivity contribution in [2.45, 2.75) is 6.92 Å². The number of allylic oxidation sites excluding steroid dienone is 1. The molecule has 25 heavy (non-hydrogen) atoms. The second-order valence-corrected chi connectivity index (χ2v) is 5.88. The average Bonchev–Trinajstić information content (AvgIpc) is 2.59. The van der Waals surface area contributed by atoms with Gasteiger partial charge < -0.3 is 10.0 Å². The molecule has 0 aromatic heterocycles. The van der Waals surface area contributed by atoms with Gasteiger partial charge in [-0.1, -0.05) is 42.0 Å². The third-order valence-electron chi connectivity index (χ3n) is 3.57. The van der Waals surface area contributed by atoms with Crippen LogP contribution in [0.2, 0.25) is 0 Å². The summed E-state index contributed by atoms with van der Waals surface area (Å²) in [6.07, 6.45) is 1.56. The molecule has 0 bridgehead atoms. The lowest BCUT2D eigenvalue weighted by Gasteiger charge is -2.12. The van der Waals surface area contributed by atoms with Crippen LogP contribution in [-0.2, 0) is 4.79 Å². The number of carbonyl (C=O) groups excluding carboxylic acids is 2. The Kier molecular flexibility index (Phi) is 5.49. The lowest BCUT2D eigenvalue weighted by molar-refractivity contribution is -0.110. The molecule has 0 fully saturated rings. The molecule has 1 N–H and O–H groups in total. The molecule has 2 aromatic carbocycles. The molecule has 128 valence electrons. The van der Waals surface area contributed by atoms with Crippen LogP contribution in [0.4, 0.5) is 0 Å². The molecule has 5 heteroatoms. The van der Waals surface area contributed by atoms with E-state index in [1.165, 1.54) is 12.1 Å². The van der Waals surface area contributed by atoms with Crippen LogP contribution in [0, 0.1) is 6.92 Å². The smallest absolute Gasteiger partial charge is 0.336 e. The quantitative estimate of drug-likeness (QED) is 0.498. The van der Waals surface area contributed by atoms with E-state index in [-0.39, 0.29) is 16.7 Å². The predicted molar refractivity (Wildman–Crippen MR) is 95.6 cm³/mol. The minimum Gasteiger partial charge on any atom is -0.478 e. The Balaban J connectivity index is 2.51. The summed E-state index contributed by atoms with van der Waals surface area (Å²) in [6, 6.07) is 13.2. The third kappa shape index (κ3) is 4.20. The lowest BCUT2D eigenvalue weighted by Crippen LogP contribution is -2.20. The number of hydrogen-bond donors (Lipinski definition) is 1. The molecule has 0 aliphatic rings. The fourth-order valence-corrected chi connectivity index (χ4v) is 2.42. The van der Waals surface area contributed by atoms with Crippen molar-refractivity contribution < 1.29 is 19.5 Å². The zero-order chi connectivity index (χ0) is 18.6. The summed E-state index contributed by atoms with van der Waals surface area (Å²) in [5.41, 5.74) is 1.24. The van der Waals surface area contributed by atoms with Gasteiger partial charge in [0.15, 0.2) is 0 Å². The first kappa shape index (κ1) is 18.1. The maximum absolute atomic E-state index is 12.8. The molecule has 2 rings (SSSR count). The topological polar surface area (TPSA) is 74.7 Å². The van der Waals surface area contributed by atoms with E-state index < -0.39 is 17.5 Å². The third-order valence-corrected chi connectivity index (χ3v) is 3.57. The Labute approximate surface area is 146 Å². The van der Waals surface area contributed by atoms with Crippen LogP contribution in [0.1, 0.15) is 31.8 Å². The van der Waals surface area contributed by atoms with Crippen LogP contribution in [-0.4, -0.2) is 41.6 Å². The Morgan fingerprint density at radius 2 is 1.60 bits per heavy atom. The minimum absolute atomic E-state index is 0.108. The Hall–Kier alpha value is -3.21. The van der Waals surface area contributed by atoms with Crippen molar-refractivity contribution >= 4 is 23.1 Å². The number of nitrogens with zero attached hydrogens (tertiary/aromatic N) is 1. The number of Topliss-reactive ketones (excluding diaryl/α,β-unsaturated/α-hetero) is 2. The van der Waals surface area contributed by atoms with Gasteiger partial charge in [0.1, 0.15) is 0 Å². The van der Waals surface area contributed by atoms with Gasteiger partial charge in [-0.05, 0) is 24.6 Å². The summed E-state index contributed by atoms with van der Waals surface area (Å²) in [4.78, 5) is 38.6. The second-order valence-electron chi connectivity index (χ2n) is 5.88. The molecule has 0 aliphatic carbocycles. The highest BCUT2D eigenvalue weighted by Crippen LogP contribution is 2.20. The summed E-state index contributed by atoms with van der Waals surface area (Å²) in [5, 5.41) is 9.34. The largest absolute Gasteiger partial charge is 0.478 e. The highest BCUT2D eigenvalue weighted by atomic mass is 16.4. The first-order valence-corrected chi connectivity index (χ1v) is 7.68. The first-order chi connectivity index (χ1) is 11.8. The van der Waals surface area contributed by atoms with Gasteiger partial charge in [-0.2, -0.15) is 0 Å². The van der Waals surface area contributed by atoms with Crippen LogP contribution in [0.3, 0.4) is 0 Å². The molecule has 0 unspecified atom stereocenters. The molecule has 0 amide bonds. The summed E-state index contributed by atoms with van der Waals surface area (Å²) in [6.45, 7) is 1.73. The van der Waals surface area contributed by atoms with Crippen molar-refractivity contribution in [3.8, 4) is 0 Å². The zero-order valence-electron chi connectivity index (χ0n) is 14.3. The number of carboxylic acid groups (broad SMARTS) is 1. The fraction of sp³-hybridized carbons (Fsp3) is 0.150. The van der Waals surface area contributed by atoms with E-state index in [9.17, 15) is 19.5 Å². The van der Waals surface area contributed by atoms with Crippen LogP contribution in [0.15, 0.2) is 54.7 Å². The van der Waals surface area contributed by atoms with Crippen molar-refractivity contribution in [1.82, 2.24) is 4.90 Å². The average molecular weight is 337 g/mol. The standard InChI is InChI=1S/C20H19NO4/c1-13-9-10-15(16(11-13)20(24)25)18(22)19(23)17(12-21(2)3)14-7-5-4-6-8-14/h4-12H,1-3H3,(H,24,25). The summed E-state index contributed by atoms with van der Waals surface area (Å²) in [5.74, 6) is -2.82. The Bertz CT molecular complexity index is 851. The molecule has 2 aromatic rings. The van der Waals surface area contributed by atoms with E-state index in [1.807, 2.05) is 6.07 Å². The summed E-state index contributed by atoms with van der Waals surface area (Å²) < 4.78 is 0. The number of aromatic carboxylic acids is 1. The van der Waals surface area contributed by atoms with E-state index >= 15 is 0 Å². The number of ketones is 2. The van der Waals surface area contributed by atoms with Crippen molar-refractivity contribution in [1.29, 1.82) is 0 Å². The molecule has 0 heterocycles. The number of carbonyl (C=O) groups is 3. The molecule has 0 spiro atoms. The lowest BCUT2D eigenvalue weighted by atomic mass is 9.93. The SMILES string of the molecule is Cc1ccc(C(=O)C(=O)C(=CN(C)C)c2ccccc2)c(C(=O)O)c1. The van der Waals surface area contributed by atoms with E-state index in [0.717, 1.165) is 0 Å². The van der Waals surface area contributed by atoms with Crippen molar-refractivity contribution in [3.05, 3.63) is 77.0 Å². The molecule has 0 atom stereocenters. The number of aryl methyl sites for hydroxylation is 1. The van der Waals surface area contributed by atoms with Gasteiger partial charge in [0, 0.05) is 31.4 Å². The van der Waals surface area contributed by atoms with E-state index in [2.05, 4.69) is 0 Å². The van der Waals surface area contributed by atoms with E-state index in [4.69, 9.17) is 0 Å². The highest BCUT2D eigenvalue weighted by Gasteiger charge is 2.26. The highest BCUT2D eigenvalue weighted by molar-refractivity contribution is 6.58. The van der Waals surface area contributed by atoms with E-state index in [1.54, 1.807) is 62.5 Å². The van der Waals surface area contributed by atoms with Gasteiger partial charge in [-0.15, -0.1) is 0 Å². The van der Waals surface area contributed by atoms with Crippen LogP contribution in [0.25, 0.3) is 5.57 Å². The van der Waals surface area contributed by atoms with Gasteiger partial charge in [0.25, 0.3) is 0 Å². The van der Waals surface area contributed by atoms with Crippen LogP contribution in [0.5, 0.6) is 0 Å². The van der Waals surface area contributed by atoms with Crippen LogP contribution >= 0.6 is 0 Å². The Morgan fingerprint density at radius 3 is 2.16 bits per heavy atom. The van der Waals surface area contributed by atoms with Gasteiger partial charge in [0.2, 0.25) is 11.6 Å². The predicted octanol–water partition coefficient (Wildman–Crippen LogP) is 3.05. The normalized spacial score (nSPS) is 11.1. The maximum atomic E-state index is 12.8. The van der Waals surface area contributed by atoms with Crippen LogP contribution < -0.4 is 0 Å². The molecule has 0 saturated heterocycles. The van der Waals surface area contributed by atoms with Gasteiger partial charge in [0.05, 0.1) is 5.56 Å². The maximum Gasteiger partial charge on any atom is 0.336 e. The molecule has 0 aliphatic heterocycles. The fourth-order valence-electron chi connectivity index (χ4n) is 2.42. The zero-order valence-corrected chi connectivity index (χ0v) is 14.3. The van der Waals surface area contributed by atoms with Gasteiger partial charge in [-0.25, -0.2) is 4.79 Å². The number of rotatable bonds is 6.